The summed E-state index contributed by atoms with van der Waals surface area (Å²) in [7, 11) is -0.389. The third kappa shape index (κ3) is 1440. The average molecular weight is 172 g/mol. The molecule has 0 aromatic rings. The second kappa shape index (κ2) is 5.30. The Kier molecular flexibility index (Phi) is 7.18. The summed E-state index contributed by atoms with van der Waals surface area (Å²) in [6.45, 7) is 9.19. The lowest BCUT2D eigenvalue weighted by Crippen LogP contribution is -1.76. The molecule has 0 rings (SSSR count). The third-order valence-electron chi connectivity index (χ3n) is 0. The minimum atomic E-state index is -3.11. The van der Waals surface area contributed by atoms with Crippen LogP contribution in [-0.4, -0.2) is 40.0 Å². The van der Waals surface area contributed by atoms with Crippen LogP contribution in [0.5, 0.6) is 0 Å². The molecule has 0 radical (unpaired) electrons. The zero-order valence-corrected chi connectivity index (χ0v) is 7.79. The Morgan fingerprint density at radius 1 is 1.22 bits per heavy atom. The molecule has 0 bridgehead atoms. The topological polar surface area (TPSA) is 63.2 Å². The summed E-state index contributed by atoms with van der Waals surface area (Å²) >= 11 is -3.11. The number of hydrogen-bond acceptors (Lipinski definition) is 3. The van der Waals surface area contributed by atoms with E-state index >= 15 is 0 Å². The Morgan fingerprint density at radius 2 is 1.22 bits per heavy atom. The van der Waals surface area contributed by atoms with Gasteiger partial charge in [-0.3, -0.25) is 4.21 Å². The van der Waals surface area contributed by atoms with Crippen molar-refractivity contribution in [1.82, 2.24) is 0 Å². The van der Waals surface area contributed by atoms with Crippen LogP contribution in [0.3, 0.4) is 0 Å². The molecule has 0 unspecified atom stereocenters. The molecule has 58 valence electrons. The smallest absolute Gasteiger partial charge is 0.784 e. The van der Waals surface area contributed by atoms with Crippen LogP contribution in [0.25, 0.3) is 0 Å². The van der Waals surface area contributed by atoms with Crippen molar-refractivity contribution in [1.29, 1.82) is 0 Å². The van der Waals surface area contributed by atoms with Crippen LogP contribution in [0.2, 0.25) is 0 Å². The van der Waals surface area contributed by atoms with E-state index in [1.807, 2.05) is 0 Å². The lowest BCUT2D eigenvalue weighted by Gasteiger charge is -2.03. The van der Waals surface area contributed by atoms with Crippen LogP contribution in [0, 0.1) is 0 Å². The lowest BCUT2D eigenvalue weighted by molar-refractivity contribution is 0.419. The fraction of sp³-hybridized carbons (Fsp3) is 1.00. The largest absolute Gasteiger partial charge is 1.00 e. The van der Waals surface area contributed by atoms with Crippen LogP contribution in [0.4, 0.5) is 0 Å². The molecule has 0 N–H and O–H groups in total. The van der Waals surface area contributed by atoms with Gasteiger partial charge in [0.05, 0.1) is 0 Å². The van der Waals surface area contributed by atoms with Gasteiger partial charge >= 0.3 is 1.43 Å². The predicted octanol–water partition coefficient (Wildman–Crippen LogP) is 0.632. The molecule has 3 nitrogen and oxygen atoms in total. The molecule has 0 amide bonds. The monoisotopic (exact) mass is 172 g/mol. The molecule has 0 heterocycles. The molecule has 0 aliphatic heterocycles. The van der Waals surface area contributed by atoms with Gasteiger partial charge < -0.3 is 9.11 Å². The minimum Gasteiger partial charge on any atom is -0.784 e. The standard InChI is InChI=1S/C4H12P.H2O3S/c1-5(2,3)4;1-4(2)3/h1-4H3;(H2,1,2,3)/q+1;/p-1. The summed E-state index contributed by atoms with van der Waals surface area (Å²) in [5, 5.41) is 0. The van der Waals surface area contributed by atoms with Crippen molar-refractivity contribution >= 4 is 18.6 Å². The first kappa shape index (κ1) is 12.2. The van der Waals surface area contributed by atoms with Gasteiger partial charge in [-0.1, -0.05) is 0 Å². The Labute approximate surface area is 60.8 Å². The summed E-state index contributed by atoms with van der Waals surface area (Å²) in [4.78, 5) is 0. The summed E-state index contributed by atoms with van der Waals surface area (Å²) in [5.74, 6) is 0. The molecule has 0 aromatic heterocycles. The van der Waals surface area contributed by atoms with Gasteiger partial charge in [0.2, 0.25) is 0 Å². The highest BCUT2D eigenvalue weighted by Gasteiger charge is 2.03. The van der Waals surface area contributed by atoms with E-state index in [1.54, 1.807) is 0 Å². The predicted molar refractivity (Wildman–Crippen MR) is 41.4 cm³/mol. The Bertz CT molecular complexity index is 83.0. The Hall–Kier alpha value is 0.500. The first-order chi connectivity index (χ1) is 3.73. The molecule has 0 aliphatic rings. The van der Waals surface area contributed by atoms with Crippen molar-refractivity contribution in [2.24, 2.45) is 0 Å². The van der Waals surface area contributed by atoms with Crippen molar-refractivity contribution in [3.63, 3.8) is 0 Å². The highest BCUT2D eigenvalue weighted by molar-refractivity contribution is 7.73. The summed E-state index contributed by atoms with van der Waals surface area (Å²) in [6, 6.07) is 0. The molecule has 0 fully saturated rings. The first-order valence-electron chi connectivity index (χ1n) is 2.29. The second-order valence-electron chi connectivity index (χ2n) is 2.89. The molecule has 0 aromatic carbocycles. The molecule has 0 atom stereocenters. The second-order valence-corrected chi connectivity index (χ2v) is 8.66. The summed E-state index contributed by atoms with van der Waals surface area (Å²) < 4.78 is 25.3. The molecule has 9 heavy (non-hydrogen) atoms. The highest BCUT2D eigenvalue weighted by Crippen LogP contribution is 2.40. The molecular formula is C4H13O3PS. The zero-order chi connectivity index (χ0) is 8.08. The van der Waals surface area contributed by atoms with E-state index in [4.69, 9.17) is 13.3 Å². The van der Waals surface area contributed by atoms with Crippen molar-refractivity contribution in [2.75, 3.05) is 26.7 Å². The number of hydrogen-bond donors (Lipinski definition) is 0. The van der Waals surface area contributed by atoms with E-state index in [1.165, 1.54) is 0 Å². The van der Waals surface area contributed by atoms with E-state index in [2.05, 4.69) is 26.7 Å². The van der Waals surface area contributed by atoms with Gasteiger partial charge in [0.15, 0.2) is 0 Å². The van der Waals surface area contributed by atoms with Gasteiger partial charge in [-0.15, -0.1) is 11.4 Å². The van der Waals surface area contributed by atoms with Crippen molar-refractivity contribution in [2.45, 2.75) is 0 Å². The normalized spacial score (nSPS) is 10.6. The van der Waals surface area contributed by atoms with Gasteiger partial charge in [-0.05, 0) is 0 Å². The maximum absolute atomic E-state index is 8.44. The van der Waals surface area contributed by atoms with Crippen LogP contribution in [0.1, 0.15) is 1.43 Å². The van der Waals surface area contributed by atoms with E-state index in [0.717, 1.165) is 0 Å². The van der Waals surface area contributed by atoms with Crippen molar-refractivity contribution in [3.05, 3.63) is 0 Å². The average Bonchev–Trinajstić information content (AvgIpc) is 1.19. The van der Waals surface area contributed by atoms with Crippen LogP contribution in [-0.2, 0) is 11.4 Å². The quantitative estimate of drug-likeness (QED) is 0.397. The Morgan fingerprint density at radius 3 is 1.22 bits per heavy atom. The summed E-state index contributed by atoms with van der Waals surface area (Å²) in [5.41, 5.74) is 0. The highest BCUT2D eigenvalue weighted by atomic mass is 32.2. The zero-order valence-electron chi connectivity index (χ0n) is 7.08. The molecule has 0 aliphatic carbocycles. The maximum Gasteiger partial charge on any atom is 1.00 e. The Balaban J connectivity index is -0.0000000910. The first-order valence-corrected chi connectivity index (χ1v) is 6.87. The number of rotatable bonds is 0. The fourth-order valence-electron chi connectivity index (χ4n) is 0. The molecular weight excluding hydrogens is 159 g/mol. The SMILES string of the molecule is C[P+](C)(C)C.O=S([O-])[O-].[H+]. The van der Waals surface area contributed by atoms with Gasteiger partial charge in [0, 0.05) is 33.9 Å². The van der Waals surface area contributed by atoms with Crippen LogP contribution in [0.15, 0.2) is 0 Å². The van der Waals surface area contributed by atoms with Crippen LogP contribution >= 0.6 is 7.26 Å². The van der Waals surface area contributed by atoms with Gasteiger partial charge in [-0.25, -0.2) is 0 Å². The fourth-order valence-corrected chi connectivity index (χ4v) is 0. The van der Waals surface area contributed by atoms with Gasteiger partial charge in [0.25, 0.3) is 0 Å². The molecule has 0 saturated carbocycles. The maximum atomic E-state index is 8.44. The third-order valence-corrected chi connectivity index (χ3v) is 0. The van der Waals surface area contributed by atoms with Gasteiger partial charge in [-0.2, -0.15) is 0 Å². The van der Waals surface area contributed by atoms with E-state index in [9.17, 15) is 0 Å². The summed E-state index contributed by atoms with van der Waals surface area (Å²) in [6.07, 6.45) is 0. The van der Waals surface area contributed by atoms with E-state index in [0.29, 0.717) is 0 Å². The minimum absolute atomic E-state index is 0. The van der Waals surface area contributed by atoms with Crippen molar-refractivity contribution < 1.29 is 14.7 Å². The molecule has 0 saturated heterocycles. The van der Waals surface area contributed by atoms with E-state index < -0.39 is 11.4 Å². The van der Waals surface area contributed by atoms with Crippen molar-refractivity contribution in [3.8, 4) is 0 Å². The van der Waals surface area contributed by atoms with Gasteiger partial charge in [0.1, 0.15) is 0 Å². The molecule has 0 spiro atoms. The molecule has 5 heteroatoms. The van der Waals surface area contributed by atoms with Crippen LogP contribution < -0.4 is 0 Å². The lowest BCUT2D eigenvalue weighted by atomic mass is 11.8. The van der Waals surface area contributed by atoms with E-state index in [-0.39, 0.29) is 8.69 Å².